The molecule has 5 heterocycles. The lowest BCUT2D eigenvalue weighted by atomic mass is 9.92. The quantitative estimate of drug-likeness (QED) is 0.103. The van der Waals surface area contributed by atoms with E-state index in [4.69, 9.17) is 16.2 Å². The number of anilines is 3. The van der Waals surface area contributed by atoms with Crippen molar-refractivity contribution in [3.05, 3.63) is 119 Å². The molecule has 4 aromatic carbocycles. The number of benzene rings is 4. The number of amidine groups is 1. The number of rotatable bonds is 11. The molecule has 3 fully saturated rings. The number of piperidine rings is 3. The van der Waals surface area contributed by atoms with Crippen LogP contribution in [0.25, 0.3) is 5.70 Å². The second kappa shape index (κ2) is 18.4. The summed E-state index contributed by atoms with van der Waals surface area (Å²) in [5.41, 5.74) is 17.1. The highest BCUT2D eigenvalue weighted by atomic mass is 16.5. The first-order chi connectivity index (χ1) is 31.5. The first-order valence-electron chi connectivity index (χ1n) is 22.2. The van der Waals surface area contributed by atoms with Gasteiger partial charge in [0.2, 0.25) is 17.7 Å². The van der Waals surface area contributed by atoms with E-state index in [0.29, 0.717) is 47.2 Å². The number of nitrogens with two attached hydrogens (primary N) is 2. The number of aliphatic imine (C=N–C) groups is 1. The molecule has 0 aliphatic carbocycles. The van der Waals surface area contributed by atoms with Crippen molar-refractivity contribution in [3.8, 4) is 11.5 Å². The van der Waals surface area contributed by atoms with E-state index in [1.807, 2.05) is 54.6 Å². The minimum Gasteiger partial charge on any atom is -0.457 e. The van der Waals surface area contributed by atoms with Gasteiger partial charge in [-0.1, -0.05) is 18.2 Å². The number of likely N-dealkylation sites (tertiary alicyclic amines) is 1. The maximum atomic E-state index is 13.5. The highest BCUT2D eigenvalue weighted by Gasteiger charge is 2.45. The number of primary amides is 1. The van der Waals surface area contributed by atoms with Crippen LogP contribution >= 0.6 is 0 Å². The average molecular weight is 878 g/mol. The summed E-state index contributed by atoms with van der Waals surface area (Å²) in [6.07, 6.45) is 4.24. The van der Waals surface area contributed by atoms with Gasteiger partial charge in [0.1, 0.15) is 28.9 Å². The molecular weight excluding hydrogens is 827 g/mol. The lowest BCUT2D eigenvalue weighted by Gasteiger charge is -2.38. The number of ether oxygens (including phenoxy) is 1. The van der Waals surface area contributed by atoms with E-state index in [2.05, 4.69) is 30.7 Å². The number of hydrogen-bond donors (Lipinski definition) is 5. The van der Waals surface area contributed by atoms with E-state index >= 15 is 0 Å². The predicted octanol–water partition coefficient (Wildman–Crippen LogP) is 4.67. The molecule has 3 saturated heterocycles. The van der Waals surface area contributed by atoms with Gasteiger partial charge in [0.05, 0.1) is 16.8 Å². The van der Waals surface area contributed by atoms with Gasteiger partial charge in [0, 0.05) is 55.6 Å². The third-order valence-corrected chi connectivity index (χ3v) is 13.1. The first kappa shape index (κ1) is 42.9. The molecule has 7 N–H and O–H groups in total. The average Bonchev–Trinajstić information content (AvgIpc) is 3.41. The van der Waals surface area contributed by atoms with E-state index < -0.39 is 35.6 Å². The summed E-state index contributed by atoms with van der Waals surface area (Å²) in [7, 11) is 0. The zero-order chi connectivity index (χ0) is 45.2. The fraction of sp³-hybridized carbons (Fsp3) is 0.327. The molecular formula is C49H51N9O7. The van der Waals surface area contributed by atoms with Crippen molar-refractivity contribution in [1.82, 2.24) is 15.1 Å². The molecule has 1 unspecified atom stereocenters. The number of hydrogen-bond acceptors (Lipinski definition) is 12. The lowest BCUT2D eigenvalue weighted by molar-refractivity contribution is -0.136. The molecule has 0 saturated carbocycles. The maximum Gasteiger partial charge on any atom is 0.262 e. The van der Waals surface area contributed by atoms with Crippen LogP contribution in [0.4, 0.5) is 17.1 Å². The van der Waals surface area contributed by atoms with Crippen molar-refractivity contribution >= 4 is 64.0 Å². The van der Waals surface area contributed by atoms with Crippen molar-refractivity contribution in [3.63, 3.8) is 0 Å². The van der Waals surface area contributed by atoms with Crippen LogP contribution < -0.4 is 37.1 Å². The molecule has 1 atom stereocenters. The summed E-state index contributed by atoms with van der Waals surface area (Å²) in [4.78, 5) is 87.3. The van der Waals surface area contributed by atoms with Crippen LogP contribution in [0.15, 0.2) is 102 Å². The van der Waals surface area contributed by atoms with Gasteiger partial charge in [-0.25, -0.2) is 0 Å². The predicted molar refractivity (Wildman–Crippen MR) is 245 cm³/mol. The lowest BCUT2D eigenvalue weighted by Crippen LogP contribution is -2.54. The van der Waals surface area contributed by atoms with Crippen LogP contribution in [0.3, 0.4) is 0 Å². The van der Waals surface area contributed by atoms with Gasteiger partial charge < -0.3 is 36.6 Å². The van der Waals surface area contributed by atoms with E-state index in [9.17, 15) is 28.8 Å². The normalized spacial score (nSPS) is 19.9. The van der Waals surface area contributed by atoms with Crippen molar-refractivity contribution in [2.75, 3.05) is 54.8 Å². The van der Waals surface area contributed by atoms with Crippen molar-refractivity contribution in [2.45, 2.75) is 51.0 Å². The van der Waals surface area contributed by atoms with Gasteiger partial charge in [-0.2, -0.15) is 0 Å². The summed E-state index contributed by atoms with van der Waals surface area (Å²) in [5.74, 6) is -0.755. The van der Waals surface area contributed by atoms with E-state index in [1.165, 1.54) is 0 Å². The number of amides is 6. The van der Waals surface area contributed by atoms with Crippen molar-refractivity contribution in [2.24, 2.45) is 28.3 Å². The van der Waals surface area contributed by atoms with Gasteiger partial charge in [-0.05, 0) is 141 Å². The summed E-state index contributed by atoms with van der Waals surface area (Å²) >= 11 is 0. The summed E-state index contributed by atoms with van der Waals surface area (Å²) in [6.45, 7) is 4.62. The van der Waals surface area contributed by atoms with Gasteiger partial charge in [0.25, 0.3) is 17.7 Å². The highest BCUT2D eigenvalue weighted by Crippen LogP contribution is 2.34. The Morgan fingerprint density at radius 2 is 1.48 bits per heavy atom. The van der Waals surface area contributed by atoms with Crippen LogP contribution in [-0.2, 0) is 25.6 Å². The van der Waals surface area contributed by atoms with Crippen molar-refractivity contribution in [1.29, 1.82) is 0 Å². The Kier molecular flexibility index (Phi) is 12.2. The Bertz CT molecular complexity index is 2610. The number of nitrogens with zero attached hydrogens (tertiary/aromatic N) is 4. The van der Waals surface area contributed by atoms with Gasteiger partial charge in [0.15, 0.2) is 0 Å². The van der Waals surface area contributed by atoms with Crippen LogP contribution in [0.1, 0.15) is 70.4 Å². The largest absolute Gasteiger partial charge is 0.457 e. The number of fused-ring (bicyclic) bond motifs is 2. The Hall–Kier alpha value is -7.33. The minimum atomic E-state index is -0.989. The molecule has 0 spiro atoms. The summed E-state index contributed by atoms with van der Waals surface area (Å²) < 4.78 is 5.89. The molecule has 0 bridgehead atoms. The zero-order valence-corrected chi connectivity index (χ0v) is 35.9. The third-order valence-electron chi connectivity index (χ3n) is 13.1. The second-order valence-corrected chi connectivity index (χ2v) is 17.2. The van der Waals surface area contributed by atoms with Gasteiger partial charge in [-0.3, -0.25) is 44.0 Å². The van der Waals surface area contributed by atoms with E-state index in [1.54, 1.807) is 36.4 Å². The summed E-state index contributed by atoms with van der Waals surface area (Å²) in [6, 6.07) is 26.4. The molecule has 16 heteroatoms. The summed E-state index contributed by atoms with van der Waals surface area (Å²) in [5, 5.41) is 8.65. The molecule has 9 rings (SSSR count). The Balaban J connectivity index is 0.744. The number of para-hydroxylation sites is 1. The molecule has 5 aliphatic rings. The van der Waals surface area contributed by atoms with Gasteiger partial charge >= 0.3 is 0 Å². The van der Waals surface area contributed by atoms with Crippen molar-refractivity contribution < 1.29 is 33.5 Å². The maximum absolute atomic E-state index is 13.5. The third kappa shape index (κ3) is 9.20. The first-order valence-corrected chi connectivity index (χ1v) is 22.2. The standard InChI is InChI=1S/C49H51N9O7/c50-43(30-6-10-36(11-7-30)65-35-4-2-1-3-5-35)42(44(51)60)45-52-21-16-32-26-33(8-13-39(32)54-45)53-46(61)31-19-22-56(23-20-31)28-29-17-24-57(25-18-29)34-9-12-37-38(27-34)49(64)58(48(37)63)40-14-15-41(59)55-47(40)62/h1-13,26-27,29,31,40H,14-25,28,50H2,(H2,51,60)(H,52,54)(H,53,61)(H,55,59,62). The number of carbonyl (C=O) groups excluding carboxylic acids is 6. The fourth-order valence-electron chi connectivity index (χ4n) is 9.46. The van der Waals surface area contributed by atoms with Gasteiger partial charge in [-0.15, -0.1) is 0 Å². The molecule has 4 aromatic rings. The van der Waals surface area contributed by atoms with E-state index in [0.717, 1.165) is 80.2 Å². The SMILES string of the molecule is NC(=O)C(C1=NCCc2cc(NC(=O)C3CCN(CC4CCN(c5ccc6c(c5)C(=O)N(C5CCC(=O)NC5=O)C6=O)CC4)CC3)ccc2N1)=C(N)c1ccc(Oc2ccccc2)cc1. The van der Waals surface area contributed by atoms with E-state index in [-0.39, 0.29) is 47.3 Å². The molecule has 65 heavy (non-hydrogen) atoms. The Morgan fingerprint density at radius 1 is 0.754 bits per heavy atom. The topological polar surface area (TPSA) is 222 Å². The Morgan fingerprint density at radius 3 is 2.20 bits per heavy atom. The molecule has 0 radical (unpaired) electrons. The smallest absolute Gasteiger partial charge is 0.262 e. The highest BCUT2D eigenvalue weighted by molar-refractivity contribution is 6.29. The number of imide groups is 2. The van der Waals surface area contributed by atoms with Crippen LogP contribution in [0.5, 0.6) is 11.5 Å². The monoisotopic (exact) mass is 877 g/mol. The molecule has 334 valence electrons. The molecule has 0 aromatic heterocycles. The molecule has 16 nitrogen and oxygen atoms in total. The Labute approximate surface area is 376 Å². The fourth-order valence-corrected chi connectivity index (χ4v) is 9.46. The zero-order valence-electron chi connectivity index (χ0n) is 35.9. The second-order valence-electron chi connectivity index (χ2n) is 17.2. The van der Waals surface area contributed by atoms with Crippen LogP contribution in [0.2, 0.25) is 0 Å². The number of carbonyl (C=O) groups is 6. The molecule has 6 amide bonds. The minimum absolute atomic E-state index is 0.00176. The van der Waals surface area contributed by atoms with Crippen LogP contribution in [-0.4, -0.2) is 96.4 Å². The van der Waals surface area contributed by atoms with Crippen LogP contribution in [0, 0.1) is 11.8 Å². The molecule has 5 aliphatic heterocycles. The number of nitrogens with one attached hydrogen (secondary N) is 3.